The highest BCUT2D eigenvalue weighted by molar-refractivity contribution is 6.06. The van der Waals surface area contributed by atoms with Gasteiger partial charge >= 0.3 is 6.09 Å². The Labute approximate surface area is 168 Å². The molecular formula is C22H23N5O2. The Kier molecular flexibility index (Phi) is 5.03. The van der Waals surface area contributed by atoms with Gasteiger partial charge in [-0.3, -0.25) is 5.32 Å². The van der Waals surface area contributed by atoms with Crippen LogP contribution in [0.4, 0.5) is 16.3 Å². The van der Waals surface area contributed by atoms with Crippen LogP contribution in [-0.4, -0.2) is 25.7 Å². The molecule has 148 valence electrons. The molecule has 0 fully saturated rings. The number of hydrogen-bond acceptors (Lipinski definition) is 4. The minimum Gasteiger partial charge on any atom is -0.465 e. The van der Waals surface area contributed by atoms with E-state index in [0.717, 1.165) is 52.6 Å². The van der Waals surface area contributed by atoms with Gasteiger partial charge in [0, 0.05) is 24.0 Å². The van der Waals surface area contributed by atoms with Crippen LogP contribution in [0.25, 0.3) is 21.9 Å². The molecule has 0 radical (unpaired) electrons. The summed E-state index contributed by atoms with van der Waals surface area (Å²) in [6.07, 6.45) is 1.85. The number of pyridine rings is 1. The van der Waals surface area contributed by atoms with E-state index in [1.165, 1.54) is 0 Å². The molecule has 7 heteroatoms. The first kappa shape index (κ1) is 18.7. The number of nitrogens with two attached hydrogens (primary N) is 1. The minimum atomic E-state index is -1.08. The van der Waals surface area contributed by atoms with Gasteiger partial charge in [0.25, 0.3) is 0 Å². The third-order valence-corrected chi connectivity index (χ3v) is 4.96. The lowest BCUT2D eigenvalue weighted by atomic mass is 10.1. The maximum Gasteiger partial charge on any atom is 0.409 e. The lowest BCUT2D eigenvalue weighted by molar-refractivity contribution is 0.210. The fourth-order valence-corrected chi connectivity index (χ4v) is 3.65. The van der Waals surface area contributed by atoms with E-state index in [4.69, 9.17) is 15.8 Å². The molecule has 4 rings (SSSR count). The van der Waals surface area contributed by atoms with Crippen LogP contribution in [0.3, 0.4) is 0 Å². The number of anilines is 2. The van der Waals surface area contributed by atoms with E-state index < -0.39 is 6.09 Å². The monoisotopic (exact) mass is 389 g/mol. The van der Waals surface area contributed by atoms with Crippen LogP contribution in [0, 0.1) is 0 Å². The highest BCUT2D eigenvalue weighted by Gasteiger charge is 2.17. The number of nitrogens with zero attached hydrogens (tertiary/aromatic N) is 3. The van der Waals surface area contributed by atoms with Crippen molar-refractivity contribution in [1.29, 1.82) is 0 Å². The Morgan fingerprint density at radius 2 is 2.00 bits per heavy atom. The Morgan fingerprint density at radius 1 is 1.17 bits per heavy atom. The van der Waals surface area contributed by atoms with Gasteiger partial charge in [0.2, 0.25) is 0 Å². The number of carbonyl (C=O) groups is 1. The number of fused-ring (bicyclic) bond motifs is 3. The number of amides is 1. The largest absolute Gasteiger partial charge is 0.465 e. The van der Waals surface area contributed by atoms with Gasteiger partial charge < -0.3 is 15.4 Å². The SMILES string of the molecule is CCCCc1nc2c(N)nc3ccccc3c2n1Cc1cccc(NC(=O)O)c1. The molecule has 0 aliphatic rings. The topological polar surface area (TPSA) is 106 Å². The van der Waals surface area contributed by atoms with Crippen LogP contribution >= 0.6 is 0 Å². The van der Waals surface area contributed by atoms with Crippen LogP contribution < -0.4 is 11.1 Å². The van der Waals surface area contributed by atoms with Crippen LogP contribution in [-0.2, 0) is 13.0 Å². The summed E-state index contributed by atoms with van der Waals surface area (Å²) >= 11 is 0. The van der Waals surface area contributed by atoms with Gasteiger partial charge in [-0.2, -0.15) is 0 Å². The molecule has 2 aromatic carbocycles. The number of aromatic nitrogens is 3. The summed E-state index contributed by atoms with van der Waals surface area (Å²) in [5.74, 6) is 1.39. The van der Waals surface area contributed by atoms with Crippen LogP contribution in [0.15, 0.2) is 48.5 Å². The van der Waals surface area contributed by atoms with Gasteiger partial charge in [-0.25, -0.2) is 14.8 Å². The van der Waals surface area contributed by atoms with Crippen molar-refractivity contribution in [3.05, 3.63) is 59.9 Å². The van der Waals surface area contributed by atoms with Crippen molar-refractivity contribution < 1.29 is 9.90 Å². The van der Waals surface area contributed by atoms with Crippen molar-refractivity contribution in [1.82, 2.24) is 14.5 Å². The minimum absolute atomic E-state index is 0.427. The molecule has 0 aliphatic carbocycles. The van der Waals surface area contributed by atoms with Gasteiger partial charge in [0.15, 0.2) is 5.82 Å². The van der Waals surface area contributed by atoms with E-state index in [1.807, 2.05) is 42.5 Å². The number of carboxylic acid groups (broad SMARTS) is 1. The number of imidazole rings is 1. The first-order valence-corrected chi connectivity index (χ1v) is 9.69. The summed E-state index contributed by atoms with van der Waals surface area (Å²) in [5, 5.41) is 12.4. The molecule has 29 heavy (non-hydrogen) atoms. The van der Waals surface area contributed by atoms with Crippen LogP contribution in [0.2, 0.25) is 0 Å². The number of para-hydroxylation sites is 1. The molecule has 0 aliphatic heterocycles. The zero-order valence-corrected chi connectivity index (χ0v) is 16.2. The third-order valence-electron chi connectivity index (χ3n) is 4.96. The molecular weight excluding hydrogens is 366 g/mol. The van der Waals surface area contributed by atoms with Crippen LogP contribution in [0.5, 0.6) is 0 Å². The van der Waals surface area contributed by atoms with Crippen LogP contribution in [0.1, 0.15) is 31.2 Å². The smallest absolute Gasteiger partial charge is 0.409 e. The summed E-state index contributed by atoms with van der Waals surface area (Å²) in [6.45, 7) is 2.72. The molecule has 4 aromatic rings. The first-order chi connectivity index (χ1) is 14.1. The zero-order chi connectivity index (χ0) is 20.4. The Balaban J connectivity index is 1.88. The number of hydrogen-bond donors (Lipinski definition) is 3. The van der Waals surface area contributed by atoms with E-state index in [1.54, 1.807) is 6.07 Å². The van der Waals surface area contributed by atoms with Crippen molar-refractivity contribution in [2.24, 2.45) is 0 Å². The van der Waals surface area contributed by atoms with E-state index in [9.17, 15) is 4.79 Å². The summed E-state index contributed by atoms with van der Waals surface area (Å²) in [4.78, 5) is 20.3. The van der Waals surface area contributed by atoms with Crippen molar-refractivity contribution >= 4 is 39.5 Å². The molecule has 0 atom stereocenters. The molecule has 2 heterocycles. The molecule has 0 saturated heterocycles. The second-order valence-electron chi connectivity index (χ2n) is 7.06. The Morgan fingerprint density at radius 3 is 2.79 bits per heavy atom. The number of rotatable bonds is 6. The maximum absolute atomic E-state index is 11.0. The first-order valence-electron chi connectivity index (χ1n) is 9.69. The van der Waals surface area contributed by atoms with Gasteiger partial charge in [-0.15, -0.1) is 0 Å². The fraction of sp³-hybridized carbons (Fsp3) is 0.227. The molecule has 0 spiro atoms. The fourth-order valence-electron chi connectivity index (χ4n) is 3.65. The van der Waals surface area contributed by atoms with E-state index >= 15 is 0 Å². The second-order valence-corrected chi connectivity index (χ2v) is 7.06. The van der Waals surface area contributed by atoms with Crippen molar-refractivity contribution in [2.75, 3.05) is 11.1 Å². The Hall–Kier alpha value is -3.61. The summed E-state index contributed by atoms with van der Waals surface area (Å²) in [5.41, 5.74) is 10.3. The lowest BCUT2D eigenvalue weighted by Gasteiger charge is -2.12. The molecule has 4 N–H and O–H groups in total. The number of benzene rings is 2. The van der Waals surface area contributed by atoms with E-state index in [2.05, 4.69) is 21.8 Å². The molecule has 7 nitrogen and oxygen atoms in total. The lowest BCUT2D eigenvalue weighted by Crippen LogP contribution is -2.09. The average molecular weight is 389 g/mol. The average Bonchev–Trinajstić information content (AvgIpc) is 3.05. The van der Waals surface area contributed by atoms with Crippen molar-refractivity contribution in [3.63, 3.8) is 0 Å². The van der Waals surface area contributed by atoms with E-state index in [0.29, 0.717) is 18.1 Å². The Bertz CT molecular complexity index is 1200. The summed E-state index contributed by atoms with van der Waals surface area (Å²) < 4.78 is 2.19. The molecule has 0 bridgehead atoms. The summed E-state index contributed by atoms with van der Waals surface area (Å²) in [6, 6.07) is 15.3. The summed E-state index contributed by atoms with van der Waals surface area (Å²) in [7, 11) is 0. The number of aryl methyl sites for hydroxylation is 1. The van der Waals surface area contributed by atoms with Gasteiger partial charge in [0.05, 0.1) is 11.0 Å². The highest BCUT2D eigenvalue weighted by atomic mass is 16.4. The van der Waals surface area contributed by atoms with Crippen molar-refractivity contribution in [2.45, 2.75) is 32.7 Å². The maximum atomic E-state index is 11.0. The van der Waals surface area contributed by atoms with Gasteiger partial charge in [-0.05, 0) is 30.2 Å². The number of nitrogens with one attached hydrogen (secondary N) is 1. The second kappa shape index (κ2) is 7.79. The molecule has 0 unspecified atom stereocenters. The predicted molar refractivity (Wildman–Crippen MR) is 115 cm³/mol. The normalized spacial score (nSPS) is 11.2. The van der Waals surface area contributed by atoms with Crippen molar-refractivity contribution in [3.8, 4) is 0 Å². The number of nitrogen functional groups attached to an aromatic ring is 1. The highest BCUT2D eigenvalue weighted by Crippen LogP contribution is 2.30. The van der Waals surface area contributed by atoms with E-state index in [-0.39, 0.29) is 0 Å². The zero-order valence-electron chi connectivity index (χ0n) is 16.2. The molecule has 1 amide bonds. The number of unbranched alkanes of at least 4 members (excludes halogenated alkanes) is 1. The van der Waals surface area contributed by atoms with Gasteiger partial charge in [-0.1, -0.05) is 43.7 Å². The van der Waals surface area contributed by atoms with Gasteiger partial charge in [0.1, 0.15) is 11.3 Å². The third kappa shape index (κ3) is 3.71. The quantitative estimate of drug-likeness (QED) is 0.445. The molecule has 0 saturated carbocycles. The molecule has 2 aromatic heterocycles. The predicted octanol–water partition coefficient (Wildman–Crippen LogP) is 4.65. The standard InChI is InChI=1S/C22H23N5O2/c1-2-3-11-18-26-19-20(16-9-4-5-10-17(16)25-21(19)23)27(18)13-14-7-6-8-15(12-14)24-22(28)29/h4-10,12,24H,2-3,11,13H2,1H3,(H2,23,25)(H,28,29).